The number of aromatic nitrogens is 2. The van der Waals surface area contributed by atoms with Crippen LogP contribution in [0.3, 0.4) is 0 Å². The summed E-state index contributed by atoms with van der Waals surface area (Å²) in [6.07, 6.45) is 2.79. The SMILES string of the molecule is N[C@@H](Cc1ccccc1)c1nc(C2CCCOC2)no1. The molecule has 1 fully saturated rings. The lowest BCUT2D eigenvalue weighted by Gasteiger charge is -2.18. The number of benzene rings is 1. The van der Waals surface area contributed by atoms with Gasteiger partial charge in [0.15, 0.2) is 5.82 Å². The lowest BCUT2D eigenvalue weighted by Crippen LogP contribution is -2.17. The van der Waals surface area contributed by atoms with Crippen molar-refractivity contribution in [2.75, 3.05) is 13.2 Å². The van der Waals surface area contributed by atoms with E-state index in [1.54, 1.807) is 0 Å². The van der Waals surface area contributed by atoms with E-state index in [4.69, 9.17) is 15.0 Å². The molecule has 0 saturated carbocycles. The highest BCUT2D eigenvalue weighted by atomic mass is 16.5. The van der Waals surface area contributed by atoms with Gasteiger partial charge in [0, 0.05) is 12.5 Å². The number of rotatable bonds is 4. The molecule has 5 nitrogen and oxygen atoms in total. The fourth-order valence-electron chi connectivity index (χ4n) is 2.46. The van der Waals surface area contributed by atoms with Gasteiger partial charge in [-0.1, -0.05) is 35.5 Å². The van der Waals surface area contributed by atoms with E-state index in [1.165, 1.54) is 5.56 Å². The highest BCUT2D eigenvalue weighted by molar-refractivity contribution is 5.16. The van der Waals surface area contributed by atoms with Crippen LogP contribution >= 0.6 is 0 Å². The quantitative estimate of drug-likeness (QED) is 0.924. The number of hydrogen-bond acceptors (Lipinski definition) is 5. The Morgan fingerprint density at radius 1 is 1.30 bits per heavy atom. The van der Waals surface area contributed by atoms with E-state index in [2.05, 4.69) is 10.1 Å². The molecule has 0 aliphatic carbocycles. The zero-order chi connectivity index (χ0) is 13.8. The largest absolute Gasteiger partial charge is 0.381 e. The van der Waals surface area contributed by atoms with Crippen molar-refractivity contribution >= 4 is 0 Å². The predicted molar refractivity (Wildman–Crippen MR) is 74.2 cm³/mol. The van der Waals surface area contributed by atoms with Crippen molar-refractivity contribution in [2.45, 2.75) is 31.2 Å². The Balaban J connectivity index is 1.66. The van der Waals surface area contributed by atoms with E-state index in [9.17, 15) is 0 Å². The molecule has 0 bridgehead atoms. The molecule has 5 heteroatoms. The van der Waals surface area contributed by atoms with Gasteiger partial charge in [-0.2, -0.15) is 4.98 Å². The molecule has 106 valence electrons. The molecule has 0 amide bonds. The van der Waals surface area contributed by atoms with Gasteiger partial charge in [0.1, 0.15) is 0 Å². The van der Waals surface area contributed by atoms with Crippen molar-refractivity contribution in [1.29, 1.82) is 0 Å². The van der Waals surface area contributed by atoms with Crippen molar-refractivity contribution in [3.8, 4) is 0 Å². The molecule has 1 saturated heterocycles. The lowest BCUT2D eigenvalue weighted by atomic mass is 10.0. The van der Waals surface area contributed by atoms with E-state index >= 15 is 0 Å². The topological polar surface area (TPSA) is 74.2 Å². The molecule has 2 aromatic rings. The molecule has 3 rings (SSSR count). The van der Waals surface area contributed by atoms with E-state index in [0.29, 0.717) is 18.9 Å². The van der Waals surface area contributed by atoms with Crippen LogP contribution < -0.4 is 5.73 Å². The summed E-state index contributed by atoms with van der Waals surface area (Å²) in [7, 11) is 0. The van der Waals surface area contributed by atoms with Crippen molar-refractivity contribution in [3.63, 3.8) is 0 Å². The standard InChI is InChI=1S/C15H19N3O2/c16-13(9-11-5-2-1-3-6-11)15-17-14(18-20-15)12-7-4-8-19-10-12/h1-3,5-6,12-13H,4,7-10,16H2/t12?,13-/m0/s1. The maximum atomic E-state index is 6.14. The van der Waals surface area contributed by atoms with Crippen LogP contribution in [-0.2, 0) is 11.2 Å². The molecule has 1 aromatic carbocycles. The van der Waals surface area contributed by atoms with Crippen LogP contribution in [0.2, 0.25) is 0 Å². The Morgan fingerprint density at radius 2 is 2.15 bits per heavy atom. The minimum Gasteiger partial charge on any atom is -0.381 e. The van der Waals surface area contributed by atoms with Gasteiger partial charge < -0.3 is 15.0 Å². The van der Waals surface area contributed by atoms with Crippen LogP contribution in [0.25, 0.3) is 0 Å². The summed E-state index contributed by atoms with van der Waals surface area (Å²) < 4.78 is 10.8. The molecule has 2 heterocycles. The highest BCUT2D eigenvalue weighted by Crippen LogP contribution is 2.24. The fraction of sp³-hybridized carbons (Fsp3) is 0.467. The number of hydrogen-bond donors (Lipinski definition) is 1. The molecule has 2 N–H and O–H groups in total. The summed E-state index contributed by atoms with van der Waals surface area (Å²) in [6, 6.07) is 9.82. The molecule has 1 unspecified atom stereocenters. The number of nitrogens with zero attached hydrogens (tertiary/aromatic N) is 2. The second-order valence-corrected chi connectivity index (χ2v) is 5.20. The smallest absolute Gasteiger partial charge is 0.243 e. The second kappa shape index (κ2) is 6.15. The molecule has 0 spiro atoms. The summed E-state index contributed by atoms with van der Waals surface area (Å²) in [4.78, 5) is 4.45. The van der Waals surface area contributed by atoms with Crippen LogP contribution in [-0.4, -0.2) is 23.4 Å². The first-order valence-corrected chi connectivity index (χ1v) is 7.03. The summed E-state index contributed by atoms with van der Waals surface area (Å²) in [5.74, 6) is 1.47. The van der Waals surface area contributed by atoms with Crippen LogP contribution in [0, 0.1) is 0 Å². The zero-order valence-corrected chi connectivity index (χ0v) is 11.4. The fourth-order valence-corrected chi connectivity index (χ4v) is 2.46. The Bertz CT molecular complexity index is 535. The predicted octanol–water partition coefficient (Wildman–Crippen LogP) is 2.21. The number of ether oxygens (including phenoxy) is 1. The van der Waals surface area contributed by atoms with Crippen molar-refractivity contribution in [2.24, 2.45) is 5.73 Å². The molecule has 20 heavy (non-hydrogen) atoms. The Kier molecular flexibility index (Phi) is 4.08. The Labute approximate surface area is 118 Å². The van der Waals surface area contributed by atoms with E-state index in [-0.39, 0.29) is 12.0 Å². The maximum Gasteiger partial charge on any atom is 0.243 e. The Hall–Kier alpha value is -1.72. The first-order chi connectivity index (χ1) is 9.83. The van der Waals surface area contributed by atoms with Gasteiger partial charge in [0.2, 0.25) is 5.89 Å². The normalized spacial score (nSPS) is 20.8. The molecule has 2 atom stereocenters. The molecular formula is C15H19N3O2. The van der Waals surface area contributed by atoms with Gasteiger partial charge in [-0.25, -0.2) is 0 Å². The molecule has 1 aromatic heterocycles. The molecule has 0 radical (unpaired) electrons. The molecule has 1 aliphatic rings. The van der Waals surface area contributed by atoms with Gasteiger partial charge in [-0.3, -0.25) is 0 Å². The first-order valence-electron chi connectivity index (χ1n) is 7.03. The second-order valence-electron chi connectivity index (χ2n) is 5.20. The summed E-state index contributed by atoms with van der Waals surface area (Å²) in [5, 5.41) is 4.06. The van der Waals surface area contributed by atoms with Crippen LogP contribution in [0.15, 0.2) is 34.9 Å². The van der Waals surface area contributed by atoms with E-state index in [1.807, 2.05) is 30.3 Å². The number of nitrogens with two attached hydrogens (primary N) is 1. The summed E-state index contributed by atoms with van der Waals surface area (Å²) in [6.45, 7) is 1.50. The van der Waals surface area contributed by atoms with Crippen molar-refractivity contribution in [3.05, 3.63) is 47.6 Å². The Morgan fingerprint density at radius 3 is 2.90 bits per heavy atom. The third-order valence-electron chi connectivity index (χ3n) is 3.60. The minimum atomic E-state index is -0.261. The maximum absolute atomic E-state index is 6.14. The van der Waals surface area contributed by atoms with Gasteiger partial charge in [-0.15, -0.1) is 0 Å². The minimum absolute atomic E-state index is 0.241. The monoisotopic (exact) mass is 273 g/mol. The van der Waals surface area contributed by atoms with E-state index in [0.717, 1.165) is 25.3 Å². The molecular weight excluding hydrogens is 254 g/mol. The van der Waals surface area contributed by atoms with Crippen molar-refractivity contribution < 1.29 is 9.26 Å². The molecule has 1 aliphatic heterocycles. The van der Waals surface area contributed by atoms with Crippen molar-refractivity contribution in [1.82, 2.24) is 10.1 Å². The first kappa shape index (κ1) is 13.3. The van der Waals surface area contributed by atoms with Gasteiger partial charge >= 0.3 is 0 Å². The van der Waals surface area contributed by atoms with Gasteiger partial charge in [0.25, 0.3) is 0 Å². The van der Waals surface area contributed by atoms with Gasteiger partial charge in [0.05, 0.1) is 12.6 Å². The van der Waals surface area contributed by atoms with Crippen LogP contribution in [0.5, 0.6) is 0 Å². The third kappa shape index (κ3) is 3.05. The average Bonchev–Trinajstić information content (AvgIpc) is 2.99. The third-order valence-corrected chi connectivity index (χ3v) is 3.60. The summed E-state index contributed by atoms with van der Waals surface area (Å²) >= 11 is 0. The average molecular weight is 273 g/mol. The van der Waals surface area contributed by atoms with Gasteiger partial charge in [-0.05, 0) is 24.8 Å². The van der Waals surface area contributed by atoms with E-state index < -0.39 is 0 Å². The summed E-state index contributed by atoms with van der Waals surface area (Å²) in [5.41, 5.74) is 7.31. The highest BCUT2D eigenvalue weighted by Gasteiger charge is 2.23. The lowest BCUT2D eigenvalue weighted by molar-refractivity contribution is 0.0773. The zero-order valence-electron chi connectivity index (χ0n) is 11.4. The van der Waals surface area contributed by atoms with Crippen LogP contribution in [0.4, 0.5) is 0 Å². The van der Waals surface area contributed by atoms with Crippen LogP contribution in [0.1, 0.15) is 42.1 Å².